The molecule has 0 fully saturated rings. The third kappa shape index (κ3) is 2.73. The van der Waals surface area contributed by atoms with Crippen LogP contribution >= 0.6 is 11.6 Å². The predicted molar refractivity (Wildman–Crippen MR) is 73.9 cm³/mol. The van der Waals surface area contributed by atoms with Crippen molar-refractivity contribution in [3.63, 3.8) is 0 Å². The Labute approximate surface area is 113 Å². The molecule has 100 valence electrons. The van der Waals surface area contributed by atoms with Crippen LogP contribution in [0.3, 0.4) is 0 Å². The van der Waals surface area contributed by atoms with Gasteiger partial charge in [0.15, 0.2) is 11.5 Å². The van der Waals surface area contributed by atoms with Gasteiger partial charge in [-0.05, 0) is 30.2 Å². The molecule has 0 aliphatic carbocycles. The Bertz CT molecular complexity index is 432. The van der Waals surface area contributed by atoms with E-state index in [1.807, 2.05) is 0 Å². The lowest BCUT2D eigenvalue weighted by molar-refractivity contribution is 0.171. The molecule has 0 spiro atoms. The highest BCUT2D eigenvalue weighted by Gasteiger charge is 2.25. The van der Waals surface area contributed by atoms with Crippen LogP contribution in [0, 0.1) is 6.92 Å². The number of halogens is 1. The monoisotopic (exact) mass is 269 g/mol. The Morgan fingerprint density at radius 1 is 1.22 bits per heavy atom. The molecule has 0 saturated heterocycles. The number of alkyl halides is 1. The van der Waals surface area contributed by atoms with Gasteiger partial charge in [0.1, 0.15) is 13.2 Å². The molecule has 0 atom stereocenters. The van der Waals surface area contributed by atoms with Gasteiger partial charge >= 0.3 is 0 Å². The highest BCUT2D eigenvalue weighted by atomic mass is 35.5. The summed E-state index contributed by atoms with van der Waals surface area (Å²) in [6.45, 7) is 8.59. The summed E-state index contributed by atoms with van der Waals surface area (Å²) in [6, 6.07) is 4.62. The Kier molecular flexibility index (Phi) is 4.03. The van der Waals surface area contributed by atoms with Crippen LogP contribution in [-0.2, 0) is 5.41 Å². The van der Waals surface area contributed by atoms with Crippen molar-refractivity contribution in [1.82, 2.24) is 5.32 Å². The van der Waals surface area contributed by atoms with E-state index >= 15 is 0 Å². The number of benzene rings is 1. The fourth-order valence-corrected chi connectivity index (χ4v) is 2.47. The fourth-order valence-electron chi connectivity index (χ4n) is 2.37. The maximum Gasteiger partial charge on any atom is 0.161 e. The van der Waals surface area contributed by atoms with Crippen molar-refractivity contribution in [3.05, 3.63) is 23.3 Å². The Morgan fingerprint density at radius 3 is 2.44 bits per heavy atom. The molecule has 0 saturated carbocycles. The Hall–Kier alpha value is -0.930. The molecule has 0 radical (unpaired) electrons. The van der Waals surface area contributed by atoms with Gasteiger partial charge in [0, 0.05) is 12.0 Å². The van der Waals surface area contributed by atoms with Crippen molar-refractivity contribution >= 4 is 11.6 Å². The minimum Gasteiger partial charge on any atom is -0.486 e. The molecule has 0 unspecified atom stereocenters. The lowest BCUT2D eigenvalue weighted by Gasteiger charge is -2.29. The number of nitrogens with one attached hydrogen (secondary N) is 1. The number of hydrogen-bond donors (Lipinski definition) is 1. The van der Waals surface area contributed by atoms with Crippen LogP contribution in [0.25, 0.3) is 0 Å². The van der Waals surface area contributed by atoms with Crippen LogP contribution in [0.5, 0.6) is 11.5 Å². The van der Waals surface area contributed by atoms with Crippen molar-refractivity contribution in [3.8, 4) is 11.5 Å². The topological polar surface area (TPSA) is 30.5 Å². The minimum absolute atomic E-state index is 0.00874. The molecule has 2 rings (SSSR count). The van der Waals surface area contributed by atoms with E-state index in [1.54, 1.807) is 0 Å². The normalized spacial score (nSPS) is 14.7. The lowest BCUT2D eigenvalue weighted by atomic mass is 9.81. The van der Waals surface area contributed by atoms with Crippen LogP contribution in [0.4, 0.5) is 0 Å². The van der Waals surface area contributed by atoms with Crippen LogP contribution in [0.2, 0.25) is 0 Å². The first-order chi connectivity index (χ1) is 8.54. The average Bonchev–Trinajstić information content (AvgIpc) is 2.35. The van der Waals surface area contributed by atoms with Gasteiger partial charge < -0.3 is 14.8 Å². The third-order valence-corrected chi connectivity index (χ3v) is 3.47. The molecule has 0 bridgehead atoms. The zero-order valence-electron chi connectivity index (χ0n) is 11.2. The van der Waals surface area contributed by atoms with E-state index in [0.29, 0.717) is 19.2 Å². The van der Waals surface area contributed by atoms with Crippen LogP contribution in [0.15, 0.2) is 12.1 Å². The summed E-state index contributed by atoms with van der Waals surface area (Å²) in [4.78, 5) is 0. The molecule has 0 aromatic heterocycles. The molecule has 1 N–H and O–H groups in total. The van der Waals surface area contributed by atoms with Gasteiger partial charge in [-0.3, -0.25) is 0 Å². The van der Waals surface area contributed by atoms with E-state index in [9.17, 15) is 0 Å². The van der Waals surface area contributed by atoms with Gasteiger partial charge in [-0.2, -0.15) is 0 Å². The van der Waals surface area contributed by atoms with Gasteiger partial charge in [-0.1, -0.05) is 13.8 Å². The summed E-state index contributed by atoms with van der Waals surface area (Å²) >= 11 is 5.69. The molecule has 1 aromatic rings. The van der Waals surface area contributed by atoms with E-state index in [2.05, 4.69) is 38.2 Å². The SMILES string of the molecule is Cc1cc2c(cc1C(C)(C)CNCCl)OCCO2. The van der Waals surface area contributed by atoms with Crippen LogP contribution < -0.4 is 14.8 Å². The summed E-state index contributed by atoms with van der Waals surface area (Å²) in [5.41, 5.74) is 2.50. The quantitative estimate of drug-likeness (QED) is 0.674. The van der Waals surface area contributed by atoms with Crippen molar-refractivity contribution < 1.29 is 9.47 Å². The fraction of sp³-hybridized carbons (Fsp3) is 0.571. The second-order valence-corrected chi connectivity index (χ2v) is 5.52. The lowest BCUT2D eigenvalue weighted by Crippen LogP contribution is -2.33. The van der Waals surface area contributed by atoms with Crippen molar-refractivity contribution in [2.45, 2.75) is 26.2 Å². The number of ether oxygens (including phenoxy) is 2. The van der Waals surface area contributed by atoms with Gasteiger partial charge in [-0.25, -0.2) is 0 Å². The largest absolute Gasteiger partial charge is 0.486 e. The molecule has 1 aromatic carbocycles. The number of fused-ring (bicyclic) bond motifs is 1. The summed E-state index contributed by atoms with van der Waals surface area (Å²) < 4.78 is 11.2. The Balaban J connectivity index is 2.32. The van der Waals surface area contributed by atoms with Gasteiger partial charge in [-0.15, -0.1) is 11.6 Å². The van der Waals surface area contributed by atoms with Gasteiger partial charge in [0.25, 0.3) is 0 Å². The number of aryl methyl sites for hydroxylation is 1. The first-order valence-electron chi connectivity index (χ1n) is 6.22. The first-order valence-corrected chi connectivity index (χ1v) is 6.75. The van der Waals surface area contributed by atoms with Crippen LogP contribution in [0.1, 0.15) is 25.0 Å². The number of rotatable bonds is 4. The summed E-state index contributed by atoms with van der Waals surface area (Å²) in [5, 5.41) is 3.19. The molecule has 1 heterocycles. The molecular formula is C14H20ClNO2. The third-order valence-electron chi connectivity index (χ3n) is 3.28. The van der Waals surface area contributed by atoms with Crippen LogP contribution in [-0.4, -0.2) is 25.8 Å². The van der Waals surface area contributed by atoms with Gasteiger partial charge in [0.05, 0.1) is 6.00 Å². The molecule has 4 heteroatoms. The summed E-state index contributed by atoms with van der Waals surface area (Å²) in [7, 11) is 0. The predicted octanol–water partition coefficient (Wildman–Crippen LogP) is 2.83. The highest BCUT2D eigenvalue weighted by Crippen LogP contribution is 2.37. The van der Waals surface area contributed by atoms with Crippen molar-refractivity contribution in [1.29, 1.82) is 0 Å². The van der Waals surface area contributed by atoms with E-state index < -0.39 is 0 Å². The van der Waals surface area contributed by atoms with E-state index in [0.717, 1.165) is 18.0 Å². The standard InChI is InChI=1S/C14H20ClNO2/c1-10-6-12-13(18-5-4-17-12)7-11(10)14(2,3)8-16-9-15/h6-7,16H,4-5,8-9H2,1-3H3. The van der Waals surface area contributed by atoms with Gasteiger partial charge in [0.2, 0.25) is 0 Å². The molecular weight excluding hydrogens is 250 g/mol. The second-order valence-electron chi connectivity index (χ2n) is 5.26. The Morgan fingerprint density at radius 2 is 1.83 bits per heavy atom. The molecule has 1 aliphatic heterocycles. The summed E-state index contributed by atoms with van der Waals surface area (Å²) in [5.74, 6) is 1.70. The minimum atomic E-state index is 0.00874. The maximum absolute atomic E-state index is 5.69. The first kappa shape index (κ1) is 13.5. The van der Waals surface area contributed by atoms with Crippen molar-refractivity contribution in [2.75, 3.05) is 25.8 Å². The zero-order chi connectivity index (χ0) is 13.2. The molecule has 1 aliphatic rings. The van der Waals surface area contributed by atoms with E-state index in [-0.39, 0.29) is 5.41 Å². The second kappa shape index (κ2) is 5.37. The molecule has 3 nitrogen and oxygen atoms in total. The smallest absolute Gasteiger partial charge is 0.161 e. The highest BCUT2D eigenvalue weighted by molar-refractivity contribution is 6.17. The molecule has 18 heavy (non-hydrogen) atoms. The zero-order valence-corrected chi connectivity index (χ0v) is 11.9. The van der Waals surface area contributed by atoms with Crippen molar-refractivity contribution in [2.24, 2.45) is 0 Å². The van der Waals surface area contributed by atoms with E-state index in [4.69, 9.17) is 21.1 Å². The maximum atomic E-state index is 5.69. The molecule has 0 amide bonds. The summed E-state index contributed by atoms with van der Waals surface area (Å²) in [6.07, 6.45) is 0. The number of hydrogen-bond acceptors (Lipinski definition) is 3. The average molecular weight is 270 g/mol. The van der Waals surface area contributed by atoms with E-state index in [1.165, 1.54) is 11.1 Å².